The lowest BCUT2D eigenvalue weighted by molar-refractivity contribution is -0.119. The summed E-state index contributed by atoms with van der Waals surface area (Å²) in [4.78, 5) is 12.3. The molecule has 0 atom stereocenters. The average molecular weight is 448 g/mol. The molecule has 8 nitrogen and oxygen atoms in total. The molecule has 0 aliphatic carbocycles. The fourth-order valence-corrected chi connectivity index (χ4v) is 3.65. The summed E-state index contributed by atoms with van der Waals surface area (Å²) in [7, 11) is -3.64. The topological polar surface area (TPSA) is 97.3 Å². The van der Waals surface area contributed by atoms with Crippen LogP contribution in [0.15, 0.2) is 47.6 Å². The van der Waals surface area contributed by atoms with Gasteiger partial charge in [-0.15, -0.1) is 0 Å². The lowest BCUT2D eigenvalue weighted by atomic mass is 10.1. The third-order valence-corrected chi connectivity index (χ3v) is 5.43. The van der Waals surface area contributed by atoms with Gasteiger partial charge in [-0.2, -0.15) is 5.10 Å². The highest BCUT2D eigenvalue weighted by Crippen LogP contribution is 2.28. The van der Waals surface area contributed by atoms with Gasteiger partial charge in [-0.05, 0) is 61.7 Å². The molecule has 0 fully saturated rings. The van der Waals surface area contributed by atoms with E-state index in [4.69, 9.17) is 9.47 Å². The number of aryl methyl sites for hydroxylation is 1. The number of hydrazone groups is 1. The Morgan fingerprint density at radius 1 is 1.03 bits per heavy atom. The Morgan fingerprint density at radius 3 is 2.26 bits per heavy atom. The predicted molar refractivity (Wildman–Crippen MR) is 123 cm³/mol. The van der Waals surface area contributed by atoms with E-state index in [1.165, 1.54) is 6.21 Å². The summed E-state index contributed by atoms with van der Waals surface area (Å²) in [6, 6.07) is 12.3. The van der Waals surface area contributed by atoms with E-state index in [2.05, 4.69) is 10.5 Å². The van der Waals surface area contributed by atoms with Gasteiger partial charge in [0, 0.05) is 0 Å². The van der Waals surface area contributed by atoms with Gasteiger partial charge in [0.05, 0.1) is 31.4 Å². The summed E-state index contributed by atoms with van der Waals surface area (Å²) in [5.41, 5.74) is 4.57. The number of carbonyl (C=O) groups excluding carboxylic acids is 1. The van der Waals surface area contributed by atoms with Gasteiger partial charge < -0.3 is 9.47 Å². The molecule has 0 aromatic heterocycles. The van der Waals surface area contributed by atoms with E-state index in [-0.39, 0.29) is 6.54 Å². The number of nitrogens with zero attached hydrogens (tertiary/aromatic N) is 2. The van der Waals surface area contributed by atoms with E-state index < -0.39 is 15.9 Å². The van der Waals surface area contributed by atoms with Crippen LogP contribution in [0.2, 0.25) is 0 Å². The molecule has 0 radical (unpaired) electrons. The number of sulfonamides is 1. The number of anilines is 1. The Kier molecular flexibility index (Phi) is 8.87. The van der Waals surface area contributed by atoms with Crippen LogP contribution in [0.4, 0.5) is 5.69 Å². The van der Waals surface area contributed by atoms with E-state index in [0.717, 1.165) is 22.5 Å². The van der Waals surface area contributed by atoms with Crippen LogP contribution in [0.3, 0.4) is 0 Å². The molecule has 2 aromatic rings. The van der Waals surface area contributed by atoms with Crippen LogP contribution in [0.5, 0.6) is 11.5 Å². The first-order chi connectivity index (χ1) is 14.8. The number of ether oxygens (including phenoxy) is 2. The molecule has 1 N–H and O–H groups in total. The van der Waals surface area contributed by atoms with Crippen molar-refractivity contribution in [3.63, 3.8) is 0 Å². The van der Waals surface area contributed by atoms with Gasteiger partial charge in [0.1, 0.15) is 6.54 Å². The van der Waals surface area contributed by atoms with Crippen LogP contribution in [-0.4, -0.2) is 46.6 Å². The fourth-order valence-electron chi connectivity index (χ4n) is 2.79. The van der Waals surface area contributed by atoms with Crippen LogP contribution in [0.1, 0.15) is 31.9 Å². The number of hydrogen-bond donors (Lipinski definition) is 1. The van der Waals surface area contributed by atoms with Crippen LogP contribution >= 0.6 is 0 Å². The highest BCUT2D eigenvalue weighted by molar-refractivity contribution is 7.92. The van der Waals surface area contributed by atoms with Crippen molar-refractivity contribution < 1.29 is 22.7 Å². The molecule has 0 aliphatic rings. The maximum Gasteiger partial charge on any atom is 0.260 e. The van der Waals surface area contributed by atoms with Crippen molar-refractivity contribution in [2.24, 2.45) is 5.10 Å². The molecule has 168 valence electrons. The average Bonchev–Trinajstić information content (AvgIpc) is 2.73. The first kappa shape index (κ1) is 24.2. The Balaban J connectivity index is 2.07. The van der Waals surface area contributed by atoms with Crippen LogP contribution in [0, 0.1) is 0 Å². The van der Waals surface area contributed by atoms with Crippen LogP contribution in [0.25, 0.3) is 0 Å². The number of hydrogen-bond acceptors (Lipinski definition) is 6. The van der Waals surface area contributed by atoms with Crippen molar-refractivity contribution in [2.45, 2.75) is 27.2 Å². The van der Waals surface area contributed by atoms with Crippen molar-refractivity contribution >= 4 is 27.8 Å². The van der Waals surface area contributed by atoms with Gasteiger partial charge in [-0.25, -0.2) is 13.8 Å². The fraction of sp³-hybridized carbons (Fsp3) is 0.364. The normalized spacial score (nSPS) is 11.4. The molecule has 0 saturated carbocycles. The van der Waals surface area contributed by atoms with E-state index in [1.807, 2.05) is 32.9 Å². The highest BCUT2D eigenvalue weighted by Gasteiger charge is 2.20. The van der Waals surface area contributed by atoms with Gasteiger partial charge in [0.25, 0.3) is 5.91 Å². The van der Waals surface area contributed by atoms with Crippen molar-refractivity contribution in [2.75, 3.05) is 30.3 Å². The van der Waals surface area contributed by atoms with E-state index >= 15 is 0 Å². The quantitative estimate of drug-likeness (QED) is 0.422. The third kappa shape index (κ3) is 7.29. The zero-order chi connectivity index (χ0) is 22.9. The smallest absolute Gasteiger partial charge is 0.260 e. The molecule has 1 amide bonds. The molecular weight excluding hydrogens is 418 g/mol. The molecule has 0 spiro atoms. The number of benzene rings is 2. The van der Waals surface area contributed by atoms with Crippen molar-refractivity contribution in [1.29, 1.82) is 0 Å². The minimum atomic E-state index is -3.64. The molecule has 0 bridgehead atoms. The number of carbonyl (C=O) groups is 1. The first-order valence-electron chi connectivity index (χ1n) is 10.1. The molecule has 2 rings (SSSR count). The zero-order valence-electron chi connectivity index (χ0n) is 18.3. The Hall–Kier alpha value is -3.07. The van der Waals surface area contributed by atoms with E-state index in [1.54, 1.807) is 30.3 Å². The first-order valence-corrected chi connectivity index (χ1v) is 11.9. The van der Waals surface area contributed by atoms with Crippen molar-refractivity contribution in [3.05, 3.63) is 53.6 Å². The summed E-state index contributed by atoms with van der Waals surface area (Å²) in [6.45, 7) is 6.39. The summed E-state index contributed by atoms with van der Waals surface area (Å²) >= 11 is 0. The van der Waals surface area contributed by atoms with Crippen LogP contribution in [-0.2, 0) is 21.2 Å². The Bertz CT molecular complexity index is 1000. The molecule has 9 heteroatoms. The summed E-state index contributed by atoms with van der Waals surface area (Å²) in [6.07, 6.45) is 3.36. The van der Waals surface area contributed by atoms with E-state index in [9.17, 15) is 13.2 Å². The Labute approximate surface area is 183 Å². The molecule has 0 saturated heterocycles. The maximum atomic E-state index is 12.3. The SMILES string of the molecule is CCOc1ccc(/C=N\NC(=O)CN(c2ccc(CC)cc2)S(C)(=O)=O)cc1OCC. The van der Waals surface area contributed by atoms with Gasteiger partial charge in [0.15, 0.2) is 11.5 Å². The van der Waals surface area contributed by atoms with Gasteiger partial charge >= 0.3 is 0 Å². The third-order valence-electron chi connectivity index (χ3n) is 4.29. The zero-order valence-corrected chi connectivity index (χ0v) is 19.1. The van der Waals surface area contributed by atoms with Crippen LogP contribution < -0.4 is 19.2 Å². The second kappa shape index (κ2) is 11.4. The highest BCUT2D eigenvalue weighted by atomic mass is 32.2. The monoisotopic (exact) mass is 447 g/mol. The van der Waals surface area contributed by atoms with E-state index in [0.29, 0.717) is 36.0 Å². The molecule has 31 heavy (non-hydrogen) atoms. The summed E-state index contributed by atoms with van der Waals surface area (Å²) in [5.74, 6) is 0.652. The van der Waals surface area contributed by atoms with Gasteiger partial charge in [0.2, 0.25) is 10.0 Å². The van der Waals surface area contributed by atoms with Crippen molar-refractivity contribution in [1.82, 2.24) is 5.43 Å². The standard InChI is InChI=1S/C22H29N3O5S/c1-5-17-8-11-19(12-9-17)25(31(4,27)28)16-22(26)24-23-15-18-10-13-20(29-6-2)21(14-18)30-7-3/h8-15H,5-7,16H2,1-4H3,(H,24,26)/b23-15-. The van der Waals surface area contributed by atoms with Gasteiger partial charge in [-0.3, -0.25) is 9.10 Å². The summed E-state index contributed by atoms with van der Waals surface area (Å²) in [5, 5.41) is 3.93. The lowest BCUT2D eigenvalue weighted by Crippen LogP contribution is -2.39. The minimum Gasteiger partial charge on any atom is -0.490 e. The molecule has 2 aromatic carbocycles. The summed E-state index contributed by atoms with van der Waals surface area (Å²) < 4.78 is 36.5. The minimum absolute atomic E-state index is 0.380. The second-order valence-electron chi connectivity index (χ2n) is 6.66. The number of amides is 1. The number of rotatable bonds is 11. The maximum absolute atomic E-state index is 12.3. The predicted octanol–water partition coefficient (Wildman–Crippen LogP) is 2.96. The molecule has 0 aliphatic heterocycles. The lowest BCUT2D eigenvalue weighted by Gasteiger charge is -2.21. The second-order valence-corrected chi connectivity index (χ2v) is 8.56. The molecular formula is C22H29N3O5S. The largest absolute Gasteiger partial charge is 0.490 e. The van der Waals surface area contributed by atoms with Crippen molar-refractivity contribution in [3.8, 4) is 11.5 Å². The molecule has 0 heterocycles. The Morgan fingerprint density at radius 2 is 1.68 bits per heavy atom. The van der Waals surface area contributed by atoms with Gasteiger partial charge in [-0.1, -0.05) is 19.1 Å². The molecule has 0 unspecified atom stereocenters. The number of nitrogens with one attached hydrogen (secondary N) is 1.